The molecule has 0 bridgehead atoms. The topological polar surface area (TPSA) is 37.4 Å². The van der Waals surface area contributed by atoms with Crippen LogP contribution in [0.4, 0.5) is 0 Å². The Morgan fingerprint density at radius 3 is 1.78 bits per heavy atom. The van der Waals surface area contributed by atoms with Gasteiger partial charge >= 0.3 is 0 Å². The molecule has 2 aliphatic carbocycles. The first-order valence-electron chi connectivity index (χ1n) is 8.89. The summed E-state index contributed by atoms with van der Waals surface area (Å²) in [6.45, 7) is 0. The molecule has 0 heterocycles. The Labute approximate surface area is 148 Å². The Bertz CT molecular complexity index is 602. The third-order valence-electron chi connectivity index (χ3n) is 5.26. The van der Waals surface area contributed by atoms with Crippen molar-refractivity contribution in [3.63, 3.8) is 0 Å². The molecule has 1 aromatic rings. The lowest BCUT2D eigenvalue weighted by atomic mass is 9.91. The van der Waals surface area contributed by atoms with Crippen molar-refractivity contribution in [3.05, 3.63) is 28.7 Å². The molecule has 23 heavy (non-hydrogen) atoms. The Kier molecular flexibility index (Phi) is 5.81. The Morgan fingerprint density at radius 1 is 0.826 bits per heavy atom. The molecular formula is C18H26BrNO2S. The average molecular weight is 400 g/mol. The fraction of sp³-hybridized carbons (Fsp3) is 0.667. The van der Waals surface area contributed by atoms with Gasteiger partial charge in [-0.05, 0) is 53.7 Å². The van der Waals surface area contributed by atoms with E-state index in [9.17, 15) is 8.42 Å². The molecule has 3 rings (SSSR count). The van der Waals surface area contributed by atoms with E-state index in [4.69, 9.17) is 0 Å². The van der Waals surface area contributed by atoms with Crippen molar-refractivity contribution >= 4 is 26.0 Å². The molecule has 5 heteroatoms. The molecule has 0 N–H and O–H groups in total. The molecule has 1 aromatic carbocycles. The van der Waals surface area contributed by atoms with Crippen LogP contribution in [0, 0.1) is 0 Å². The van der Waals surface area contributed by atoms with E-state index >= 15 is 0 Å². The van der Waals surface area contributed by atoms with Crippen molar-refractivity contribution in [2.75, 3.05) is 0 Å². The minimum absolute atomic E-state index is 0.184. The predicted octanol–water partition coefficient (Wildman–Crippen LogP) is 5.11. The Hall–Kier alpha value is -0.390. The van der Waals surface area contributed by atoms with Crippen molar-refractivity contribution < 1.29 is 8.42 Å². The minimum atomic E-state index is -3.44. The molecule has 0 unspecified atom stereocenters. The molecule has 0 radical (unpaired) electrons. The summed E-state index contributed by atoms with van der Waals surface area (Å²) in [5.74, 6) is 0. The SMILES string of the molecule is O=S(=O)(c1ccccc1Br)N(C1CCCCC1)C1CCCCC1. The van der Waals surface area contributed by atoms with Crippen LogP contribution in [0.25, 0.3) is 0 Å². The van der Waals surface area contributed by atoms with Gasteiger partial charge in [-0.3, -0.25) is 0 Å². The molecule has 0 saturated heterocycles. The molecular weight excluding hydrogens is 374 g/mol. The standard InChI is InChI=1S/C18H26BrNO2S/c19-17-13-7-8-14-18(17)23(21,22)20(15-9-3-1-4-10-15)16-11-5-2-6-12-16/h7-8,13-16H,1-6,9-12H2. The van der Waals surface area contributed by atoms with Crippen molar-refractivity contribution in [2.45, 2.75) is 81.2 Å². The third-order valence-corrected chi connectivity index (χ3v) is 8.28. The lowest BCUT2D eigenvalue weighted by molar-refractivity contribution is 0.169. The minimum Gasteiger partial charge on any atom is -0.207 e. The lowest BCUT2D eigenvalue weighted by Gasteiger charge is -2.40. The zero-order chi connectivity index (χ0) is 16.3. The first-order chi connectivity index (χ1) is 11.1. The van der Waals surface area contributed by atoms with Crippen molar-refractivity contribution in [2.24, 2.45) is 0 Å². The van der Waals surface area contributed by atoms with Gasteiger partial charge < -0.3 is 0 Å². The van der Waals surface area contributed by atoms with E-state index in [-0.39, 0.29) is 12.1 Å². The van der Waals surface area contributed by atoms with Gasteiger partial charge in [0.15, 0.2) is 0 Å². The molecule has 0 spiro atoms. The molecule has 0 aliphatic heterocycles. The zero-order valence-corrected chi connectivity index (χ0v) is 16.0. The maximum atomic E-state index is 13.4. The van der Waals surface area contributed by atoms with Gasteiger partial charge in [-0.2, -0.15) is 4.31 Å². The highest BCUT2D eigenvalue weighted by Crippen LogP contribution is 2.36. The fourth-order valence-corrected chi connectivity index (χ4v) is 7.03. The van der Waals surface area contributed by atoms with E-state index in [2.05, 4.69) is 15.9 Å². The summed E-state index contributed by atoms with van der Waals surface area (Å²) in [5.41, 5.74) is 0. The van der Waals surface area contributed by atoms with E-state index < -0.39 is 10.0 Å². The summed E-state index contributed by atoms with van der Waals surface area (Å²) < 4.78 is 29.5. The highest BCUT2D eigenvalue weighted by atomic mass is 79.9. The van der Waals surface area contributed by atoms with Gasteiger partial charge in [0.1, 0.15) is 0 Å². The van der Waals surface area contributed by atoms with Gasteiger partial charge in [-0.15, -0.1) is 0 Å². The van der Waals surface area contributed by atoms with Gasteiger partial charge in [0.25, 0.3) is 0 Å². The smallest absolute Gasteiger partial charge is 0.207 e. The second-order valence-electron chi connectivity index (χ2n) is 6.85. The average Bonchev–Trinajstić information content (AvgIpc) is 2.57. The third kappa shape index (κ3) is 3.83. The van der Waals surface area contributed by atoms with E-state index in [1.165, 1.54) is 12.8 Å². The van der Waals surface area contributed by atoms with E-state index in [1.807, 2.05) is 22.5 Å². The maximum absolute atomic E-state index is 13.4. The van der Waals surface area contributed by atoms with Crippen LogP contribution in [-0.2, 0) is 10.0 Å². The monoisotopic (exact) mass is 399 g/mol. The molecule has 2 fully saturated rings. The van der Waals surface area contributed by atoms with Crippen LogP contribution in [0.2, 0.25) is 0 Å². The van der Waals surface area contributed by atoms with Crippen molar-refractivity contribution in [3.8, 4) is 0 Å². The summed E-state index contributed by atoms with van der Waals surface area (Å²) in [6.07, 6.45) is 11.1. The van der Waals surface area contributed by atoms with Gasteiger partial charge in [-0.25, -0.2) is 8.42 Å². The highest BCUT2D eigenvalue weighted by Gasteiger charge is 2.38. The predicted molar refractivity (Wildman–Crippen MR) is 96.9 cm³/mol. The quantitative estimate of drug-likeness (QED) is 0.705. The molecule has 3 nitrogen and oxygen atoms in total. The summed E-state index contributed by atoms with van der Waals surface area (Å²) >= 11 is 3.44. The van der Waals surface area contributed by atoms with Gasteiger partial charge in [0.2, 0.25) is 10.0 Å². The van der Waals surface area contributed by atoms with Crippen LogP contribution in [0.15, 0.2) is 33.6 Å². The van der Waals surface area contributed by atoms with Crippen LogP contribution in [0.5, 0.6) is 0 Å². The number of hydrogen-bond acceptors (Lipinski definition) is 2. The number of sulfonamides is 1. The number of nitrogens with zero attached hydrogens (tertiary/aromatic N) is 1. The van der Waals surface area contributed by atoms with Crippen LogP contribution >= 0.6 is 15.9 Å². The Morgan fingerprint density at radius 2 is 1.30 bits per heavy atom. The van der Waals surface area contributed by atoms with Crippen LogP contribution < -0.4 is 0 Å². The van der Waals surface area contributed by atoms with Gasteiger partial charge in [0.05, 0.1) is 4.90 Å². The van der Waals surface area contributed by atoms with E-state index in [1.54, 1.807) is 6.07 Å². The van der Waals surface area contributed by atoms with E-state index in [0.717, 1.165) is 51.4 Å². The summed E-state index contributed by atoms with van der Waals surface area (Å²) in [5, 5.41) is 0. The van der Waals surface area contributed by atoms with Crippen LogP contribution in [-0.4, -0.2) is 24.8 Å². The summed E-state index contributed by atoms with van der Waals surface area (Å²) in [7, 11) is -3.44. The number of rotatable bonds is 4. The van der Waals surface area contributed by atoms with Crippen molar-refractivity contribution in [1.82, 2.24) is 4.31 Å². The molecule has 128 valence electrons. The molecule has 0 aromatic heterocycles. The summed E-state index contributed by atoms with van der Waals surface area (Å²) in [6, 6.07) is 7.62. The molecule has 0 amide bonds. The first-order valence-corrected chi connectivity index (χ1v) is 11.1. The molecule has 2 aliphatic rings. The van der Waals surface area contributed by atoms with Crippen LogP contribution in [0.3, 0.4) is 0 Å². The van der Waals surface area contributed by atoms with E-state index in [0.29, 0.717) is 9.37 Å². The van der Waals surface area contributed by atoms with Gasteiger partial charge in [0, 0.05) is 16.6 Å². The highest BCUT2D eigenvalue weighted by molar-refractivity contribution is 9.10. The van der Waals surface area contributed by atoms with Gasteiger partial charge in [-0.1, -0.05) is 50.7 Å². The first kappa shape index (κ1) is 17.4. The second-order valence-corrected chi connectivity index (χ2v) is 9.51. The largest absolute Gasteiger partial charge is 0.244 e. The second kappa shape index (κ2) is 7.66. The normalized spacial score (nSPS) is 21.7. The summed E-state index contributed by atoms with van der Waals surface area (Å²) in [4.78, 5) is 0.427. The fourth-order valence-electron chi connectivity index (χ4n) is 4.13. The number of halogens is 1. The Balaban J connectivity index is 1.97. The zero-order valence-electron chi connectivity index (χ0n) is 13.6. The molecule has 0 atom stereocenters. The number of benzene rings is 1. The van der Waals surface area contributed by atoms with Crippen molar-refractivity contribution in [1.29, 1.82) is 0 Å². The maximum Gasteiger partial charge on any atom is 0.244 e. The molecule has 2 saturated carbocycles. The number of hydrogen-bond donors (Lipinski definition) is 0. The lowest BCUT2D eigenvalue weighted by Crippen LogP contribution is -2.48. The van der Waals surface area contributed by atoms with Crippen LogP contribution in [0.1, 0.15) is 64.2 Å².